The van der Waals surface area contributed by atoms with Crippen molar-refractivity contribution in [1.29, 1.82) is 0 Å². The standard InChI is InChI=1S/C17H24ClN3O/c1-11(19-14-6-4-3-5-12(14)10-22)17-20-15-8-7-13(18)9-16(15)21(17)2/h7-9,11-12,14,19,22H,3-6,10H2,1-2H3. The number of nitrogens with zero attached hydrogens (tertiary/aromatic N) is 2. The first kappa shape index (κ1) is 15.8. The van der Waals surface area contributed by atoms with Crippen LogP contribution in [0.5, 0.6) is 0 Å². The van der Waals surface area contributed by atoms with Crippen LogP contribution >= 0.6 is 11.6 Å². The maximum Gasteiger partial charge on any atom is 0.126 e. The van der Waals surface area contributed by atoms with Crippen molar-refractivity contribution in [2.75, 3.05) is 6.61 Å². The van der Waals surface area contributed by atoms with Crippen molar-refractivity contribution in [2.24, 2.45) is 13.0 Å². The number of nitrogens with one attached hydrogen (secondary N) is 1. The average molecular weight is 322 g/mol. The summed E-state index contributed by atoms with van der Waals surface area (Å²) in [5.41, 5.74) is 2.02. The van der Waals surface area contributed by atoms with Gasteiger partial charge >= 0.3 is 0 Å². The van der Waals surface area contributed by atoms with E-state index in [0.717, 1.165) is 34.7 Å². The van der Waals surface area contributed by atoms with Gasteiger partial charge in [-0.1, -0.05) is 24.4 Å². The van der Waals surface area contributed by atoms with Gasteiger partial charge in [0.05, 0.1) is 17.1 Å². The molecule has 1 aliphatic carbocycles. The lowest BCUT2D eigenvalue weighted by atomic mass is 9.84. The smallest absolute Gasteiger partial charge is 0.126 e. The predicted molar refractivity (Wildman–Crippen MR) is 90.1 cm³/mol. The van der Waals surface area contributed by atoms with Crippen molar-refractivity contribution in [3.8, 4) is 0 Å². The highest BCUT2D eigenvalue weighted by atomic mass is 35.5. The lowest BCUT2D eigenvalue weighted by Crippen LogP contribution is -2.41. The minimum Gasteiger partial charge on any atom is -0.396 e. The molecule has 0 radical (unpaired) electrons. The SMILES string of the molecule is CC(NC1CCCCC1CO)c1nc2ccc(Cl)cc2n1C. The van der Waals surface area contributed by atoms with Crippen LogP contribution in [0.4, 0.5) is 0 Å². The van der Waals surface area contributed by atoms with Gasteiger partial charge in [-0.2, -0.15) is 0 Å². The Balaban J connectivity index is 1.82. The van der Waals surface area contributed by atoms with Crippen molar-refractivity contribution in [1.82, 2.24) is 14.9 Å². The van der Waals surface area contributed by atoms with Gasteiger partial charge in [0, 0.05) is 24.7 Å². The van der Waals surface area contributed by atoms with Crippen molar-refractivity contribution in [3.05, 3.63) is 29.0 Å². The number of halogens is 1. The van der Waals surface area contributed by atoms with E-state index < -0.39 is 0 Å². The Bertz CT molecular complexity index is 655. The molecule has 2 aromatic rings. The van der Waals surface area contributed by atoms with E-state index in [2.05, 4.69) is 16.8 Å². The molecule has 0 saturated heterocycles. The normalized spacial score (nSPS) is 23.8. The summed E-state index contributed by atoms with van der Waals surface area (Å²) in [4.78, 5) is 4.75. The molecule has 3 unspecified atom stereocenters. The number of rotatable bonds is 4. The Morgan fingerprint density at radius 3 is 2.95 bits per heavy atom. The molecule has 3 rings (SSSR count). The van der Waals surface area contributed by atoms with E-state index in [-0.39, 0.29) is 12.6 Å². The van der Waals surface area contributed by atoms with Crippen LogP contribution in [0.3, 0.4) is 0 Å². The van der Waals surface area contributed by atoms with Gasteiger partial charge in [0.1, 0.15) is 5.82 Å². The fourth-order valence-corrected chi connectivity index (χ4v) is 3.78. The Labute approximate surface area is 136 Å². The molecular weight excluding hydrogens is 298 g/mol. The summed E-state index contributed by atoms with van der Waals surface area (Å²) in [5.74, 6) is 1.37. The van der Waals surface area contributed by atoms with Gasteiger partial charge < -0.3 is 15.0 Å². The van der Waals surface area contributed by atoms with Gasteiger partial charge in [0.15, 0.2) is 0 Å². The Morgan fingerprint density at radius 1 is 1.41 bits per heavy atom. The van der Waals surface area contributed by atoms with Crippen LogP contribution in [-0.2, 0) is 7.05 Å². The highest BCUT2D eigenvalue weighted by molar-refractivity contribution is 6.31. The molecule has 0 aliphatic heterocycles. The maximum absolute atomic E-state index is 9.57. The second kappa shape index (κ2) is 6.57. The molecule has 1 aromatic carbocycles. The third kappa shape index (κ3) is 3.00. The molecular formula is C17H24ClN3O. The summed E-state index contributed by atoms with van der Waals surface area (Å²) in [6.07, 6.45) is 4.70. The van der Waals surface area contributed by atoms with Gasteiger partial charge in [-0.15, -0.1) is 0 Å². The van der Waals surface area contributed by atoms with Crippen LogP contribution in [0.15, 0.2) is 18.2 Å². The van der Waals surface area contributed by atoms with Crippen molar-refractivity contribution in [2.45, 2.75) is 44.7 Å². The summed E-state index contributed by atoms with van der Waals surface area (Å²) in [6.45, 7) is 2.41. The molecule has 0 amide bonds. The van der Waals surface area contributed by atoms with E-state index in [1.807, 2.05) is 25.2 Å². The molecule has 1 aliphatic rings. The molecule has 22 heavy (non-hydrogen) atoms. The van der Waals surface area contributed by atoms with Crippen molar-refractivity contribution < 1.29 is 5.11 Å². The first-order valence-electron chi connectivity index (χ1n) is 8.09. The number of aromatic nitrogens is 2. The quantitative estimate of drug-likeness (QED) is 0.907. The fourth-order valence-electron chi connectivity index (χ4n) is 3.61. The number of aryl methyl sites for hydroxylation is 1. The summed E-state index contributed by atoms with van der Waals surface area (Å²) in [6, 6.07) is 6.31. The molecule has 1 heterocycles. The van der Waals surface area contributed by atoms with Gasteiger partial charge in [-0.3, -0.25) is 0 Å². The topological polar surface area (TPSA) is 50.1 Å². The van der Waals surface area contributed by atoms with Crippen molar-refractivity contribution >= 4 is 22.6 Å². The molecule has 5 heteroatoms. The minimum absolute atomic E-state index is 0.147. The second-order valence-corrected chi connectivity index (χ2v) is 6.82. The fraction of sp³-hybridized carbons (Fsp3) is 0.588. The highest BCUT2D eigenvalue weighted by Crippen LogP contribution is 2.27. The number of hydrogen-bond acceptors (Lipinski definition) is 3. The number of benzene rings is 1. The molecule has 0 bridgehead atoms. The van der Waals surface area contributed by atoms with Gasteiger partial charge in [0.2, 0.25) is 0 Å². The lowest BCUT2D eigenvalue weighted by Gasteiger charge is -2.33. The number of hydrogen-bond donors (Lipinski definition) is 2. The van der Waals surface area contributed by atoms with Gasteiger partial charge in [-0.05, 0) is 43.9 Å². The monoisotopic (exact) mass is 321 g/mol. The van der Waals surface area contributed by atoms with Gasteiger partial charge in [-0.25, -0.2) is 4.98 Å². The first-order chi connectivity index (χ1) is 10.6. The lowest BCUT2D eigenvalue weighted by molar-refractivity contribution is 0.146. The zero-order chi connectivity index (χ0) is 15.7. The molecule has 1 fully saturated rings. The Hall–Kier alpha value is -1.10. The zero-order valence-electron chi connectivity index (χ0n) is 13.2. The van der Waals surface area contributed by atoms with E-state index in [9.17, 15) is 5.11 Å². The average Bonchev–Trinajstić information content (AvgIpc) is 2.85. The third-order valence-corrected chi connectivity index (χ3v) is 5.11. The molecule has 2 N–H and O–H groups in total. The molecule has 0 spiro atoms. The number of imidazole rings is 1. The molecule has 1 aromatic heterocycles. The van der Waals surface area contributed by atoms with E-state index >= 15 is 0 Å². The van der Waals surface area contributed by atoms with Gasteiger partial charge in [0.25, 0.3) is 0 Å². The van der Waals surface area contributed by atoms with E-state index in [4.69, 9.17) is 16.6 Å². The Morgan fingerprint density at radius 2 is 2.18 bits per heavy atom. The van der Waals surface area contributed by atoms with Crippen molar-refractivity contribution in [3.63, 3.8) is 0 Å². The van der Waals surface area contributed by atoms with Crippen LogP contribution in [0.1, 0.15) is 44.5 Å². The summed E-state index contributed by atoms with van der Waals surface area (Å²) in [7, 11) is 2.03. The first-order valence-corrected chi connectivity index (χ1v) is 8.46. The largest absolute Gasteiger partial charge is 0.396 e. The van der Waals surface area contributed by atoms with Crippen LogP contribution < -0.4 is 5.32 Å². The van der Waals surface area contributed by atoms with Crippen LogP contribution in [-0.4, -0.2) is 27.3 Å². The molecule has 4 nitrogen and oxygen atoms in total. The van der Waals surface area contributed by atoms with Crippen LogP contribution in [0.2, 0.25) is 5.02 Å². The Kier molecular flexibility index (Phi) is 4.71. The summed E-state index contributed by atoms with van der Waals surface area (Å²) >= 11 is 6.09. The summed E-state index contributed by atoms with van der Waals surface area (Å²) in [5, 5.41) is 14.0. The predicted octanol–water partition coefficient (Wildman–Crippen LogP) is 3.43. The highest BCUT2D eigenvalue weighted by Gasteiger charge is 2.27. The molecule has 3 atom stereocenters. The minimum atomic E-state index is 0.147. The van der Waals surface area contributed by atoms with Crippen LogP contribution in [0, 0.1) is 5.92 Å². The van der Waals surface area contributed by atoms with E-state index in [1.54, 1.807) is 0 Å². The number of fused-ring (bicyclic) bond motifs is 1. The van der Waals surface area contributed by atoms with E-state index in [0.29, 0.717) is 12.0 Å². The number of aliphatic hydroxyl groups is 1. The summed E-state index contributed by atoms with van der Waals surface area (Å²) < 4.78 is 2.11. The molecule has 120 valence electrons. The second-order valence-electron chi connectivity index (χ2n) is 6.38. The van der Waals surface area contributed by atoms with E-state index in [1.165, 1.54) is 12.8 Å². The molecule has 1 saturated carbocycles. The third-order valence-electron chi connectivity index (χ3n) is 4.87. The van der Waals surface area contributed by atoms with Crippen LogP contribution in [0.25, 0.3) is 11.0 Å². The zero-order valence-corrected chi connectivity index (χ0v) is 14.0. The number of aliphatic hydroxyl groups excluding tert-OH is 1. The maximum atomic E-state index is 9.57.